The van der Waals surface area contributed by atoms with Crippen molar-refractivity contribution in [3.8, 4) is 11.5 Å². The predicted octanol–water partition coefficient (Wildman–Crippen LogP) is 6.35. The van der Waals surface area contributed by atoms with Crippen molar-refractivity contribution in [1.82, 2.24) is 0 Å². The molecule has 0 saturated heterocycles. The van der Waals surface area contributed by atoms with E-state index in [0.29, 0.717) is 17.9 Å². The van der Waals surface area contributed by atoms with Crippen LogP contribution in [0.2, 0.25) is 0 Å². The van der Waals surface area contributed by atoms with E-state index in [4.69, 9.17) is 9.47 Å². The van der Waals surface area contributed by atoms with Crippen molar-refractivity contribution in [3.05, 3.63) is 85.9 Å². The Morgan fingerprint density at radius 3 is 2.14 bits per heavy atom. The first kappa shape index (κ1) is 21.9. The molecule has 0 fully saturated rings. The van der Waals surface area contributed by atoms with Gasteiger partial charge in [-0.15, -0.1) is 0 Å². The first-order valence-electron chi connectivity index (χ1n) is 9.17. The second-order valence-electron chi connectivity index (χ2n) is 6.62. The third-order valence-corrected chi connectivity index (χ3v) is 5.96. The molecule has 3 rings (SSSR count). The second-order valence-corrected chi connectivity index (χ2v) is 8.78. The zero-order valence-electron chi connectivity index (χ0n) is 16.2. The third-order valence-electron chi connectivity index (χ3n) is 4.71. The normalized spacial score (nSPS) is 12.9. The molecule has 152 valence electrons. The molecule has 2 atom stereocenters. The molecule has 6 heteroatoms. The molecule has 0 bridgehead atoms. The topological polar surface area (TPSA) is 50.7 Å². The van der Waals surface area contributed by atoms with Gasteiger partial charge in [-0.3, -0.25) is 0 Å². The molecule has 3 aromatic rings. The van der Waals surface area contributed by atoms with Crippen molar-refractivity contribution in [2.75, 3.05) is 19.5 Å². The van der Waals surface area contributed by atoms with E-state index in [1.54, 1.807) is 14.2 Å². The molecule has 0 aliphatic rings. The number of nitrogens with one attached hydrogen (secondary N) is 1. The summed E-state index contributed by atoms with van der Waals surface area (Å²) < 4.78 is 12.9. The van der Waals surface area contributed by atoms with Crippen LogP contribution >= 0.6 is 38.5 Å². The van der Waals surface area contributed by atoms with Crippen LogP contribution in [-0.2, 0) is 0 Å². The quantitative estimate of drug-likeness (QED) is 0.312. The predicted molar refractivity (Wildman–Crippen MR) is 129 cm³/mol. The Morgan fingerprint density at radius 1 is 0.897 bits per heavy atom. The van der Waals surface area contributed by atoms with Crippen molar-refractivity contribution in [1.29, 1.82) is 0 Å². The van der Waals surface area contributed by atoms with Crippen molar-refractivity contribution in [3.63, 3.8) is 0 Å². The number of hydrogen-bond acceptors (Lipinski definition) is 4. The Kier molecular flexibility index (Phi) is 7.80. The van der Waals surface area contributed by atoms with Gasteiger partial charge in [0.1, 0.15) is 0 Å². The molecule has 0 radical (unpaired) electrons. The SMILES string of the molecule is COc1ccc(C(O)CC(Nc2ccc(I)cc2)c2ccc(Br)cc2)cc1OC. The molecule has 29 heavy (non-hydrogen) atoms. The zero-order chi connectivity index (χ0) is 20.8. The van der Waals surface area contributed by atoms with Gasteiger partial charge in [-0.05, 0) is 82.2 Å². The minimum atomic E-state index is -0.667. The average Bonchev–Trinajstić information content (AvgIpc) is 2.74. The summed E-state index contributed by atoms with van der Waals surface area (Å²) in [7, 11) is 3.19. The van der Waals surface area contributed by atoms with Gasteiger partial charge >= 0.3 is 0 Å². The highest BCUT2D eigenvalue weighted by molar-refractivity contribution is 14.1. The average molecular weight is 568 g/mol. The van der Waals surface area contributed by atoms with E-state index in [-0.39, 0.29) is 6.04 Å². The van der Waals surface area contributed by atoms with Crippen LogP contribution in [0.5, 0.6) is 11.5 Å². The molecule has 0 aliphatic heterocycles. The second kappa shape index (κ2) is 10.3. The van der Waals surface area contributed by atoms with Crippen LogP contribution in [-0.4, -0.2) is 19.3 Å². The Balaban J connectivity index is 1.85. The number of rotatable bonds is 8. The smallest absolute Gasteiger partial charge is 0.161 e. The number of aliphatic hydroxyl groups is 1. The van der Waals surface area contributed by atoms with E-state index >= 15 is 0 Å². The van der Waals surface area contributed by atoms with Crippen LogP contribution in [0.3, 0.4) is 0 Å². The van der Waals surface area contributed by atoms with Crippen LogP contribution in [0.4, 0.5) is 5.69 Å². The lowest BCUT2D eigenvalue weighted by Crippen LogP contribution is -2.15. The van der Waals surface area contributed by atoms with Crippen molar-refractivity contribution in [2.24, 2.45) is 0 Å². The number of halogens is 2. The van der Waals surface area contributed by atoms with Gasteiger partial charge in [-0.25, -0.2) is 0 Å². The van der Waals surface area contributed by atoms with Gasteiger partial charge in [0.05, 0.1) is 26.4 Å². The van der Waals surface area contributed by atoms with Gasteiger partial charge in [0.25, 0.3) is 0 Å². The third kappa shape index (κ3) is 5.87. The maximum atomic E-state index is 11.0. The molecule has 0 aromatic heterocycles. The molecule has 2 N–H and O–H groups in total. The van der Waals surface area contributed by atoms with Crippen LogP contribution in [0.15, 0.2) is 71.2 Å². The molecule has 0 amide bonds. The Hall–Kier alpha value is -1.77. The lowest BCUT2D eigenvalue weighted by Gasteiger charge is -2.24. The van der Waals surface area contributed by atoms with Crippen molar-refractivity contribution >= 4 is 44.2 Å². The minimum absolute atomic E-state index is 0.0637. The molecule has 2 unspecified atom stereocenters. The molecule has 4 nitrogen and oxygen atoms in total. The highest BCUT2D eigenvalue weighted by Gasteiger charge is 2.19. The zero-order valence-corrected chi connectivity index (χ0v) is 20.0. The highest BCUT2D eigenvalue weighted by Crippen LogP contribution is 2.34. The van der Waals surface area contributed by atoms with Crippen LogP contribution in [0, 0.1) is 3.57 Å². The monoisotopic (exact) mass is 567 g/mol. The summed E-state index contributed by atoms with van der Waals surface area (Å²) in [4.78, 5) is 0. The standard InChI is InChI=1S/C23H23BrINO3/c1-28-22-12-5-16(13-23(22)29-2)21(27)14-20(15-3-6-17(24)7-4-15)26-19-10-8-18(25)9-11-19/h3-13,20-21,26-27H,14H2,1-2H3. The van der Waals surface area contributed by atoms with E-state index in [9.17, 15) is 5.11 Å². The van der Waals surface area contributed by atoms with E-state index < -0.39 is 6.10 Å². The number of hydrogen-bond donors (Lipinski definition) is 2. The first-order chi connectivity index (χ1) is 14.0. The Labute approximate surface area is 193 Å². The van der Waals surface area contributed by atoms with Gasteiger partial charge in [-0.2, -0.15) is 0 Å². The maximum absolute atomic E-state index is 11.0. The maximum Gasteiger partial charge on any atom is 0.161 e. The van der Waals surface area contributed by atoms with Gasteiger partial charge in [0.15, 0.2) is 11.5 Å². The summed E-state index contributed by atoms with van der Waals surface area (Å²) in [6.45, 7) is 0. The summed E-state index contributed by atoms with van der Waals surface area (Å²) in [5, 5.41) is 14.5. The first-order valence-corrected chi connectivity index (χ1v) is 11.0. The fourth-order valence-corrected chi connectivity index (χ4v) is 3.76. The summed E-state index contributed by atoms with van der Waals surface area (Å²) in [6, 6.07) is 21.8. The molecule has 3 aromatic carbocycles. The molecular formula is C23H23BrINO3. The fourth-order valence-electron chi connectivity index (χ4n) is 3.14. The van der Waals surface area contributed by atoms with Crippen molar-refractivity contribution < 1.29 is 14.6 Å². The number of anilines is 1. The van der Waals surface area contributed by atoms with Gasteiger partial charge in [-0.1, -0.05) is 34.1 Å². The van der Waals surface area contributed by atoms with Gasteiger partial charge < -0.3 is 19.9 Å². The minimum Gasteiger partial charge on any atom is -0.493 e. The lowest BCUT2D eigenvalue weighted by atomic mass is 9.96. The van der Waals surface area contributed by atoms with Gasteiger partial charge in [0, 0.05) is 20.2 Å². The largest absolute Gasteiger partial charge is 0.493 e. The van der Waals surface area contributed by atoms with E-state index in [2.05, 4.69) is 80.2 Å². The van der Waals surface area contributed by atoms with E-state index in [1.807, 2.05) is 30.3 Å². The molecule has 0 heterocycles. The van der Waals surface area contributed by atoms with Crippen LogP contribution < -0.4 is 14.8 Å². The summed E-state index contributed by atoms with van der Waals surface area (Å²) in [5.74, 6) is 1.25. The van der Waals surface area contributed by atoms with E-state index in [1.165, 1.54) is 3.57 Å². The Bertz CT molecular complexity index is 932. The molecule has 0 aliphatic carbocycles. The van der Waals surface area contributed by atoms with Crippen LogP contribution in [0.25, 0.3) is 0 Å². The summed E-state index contributed by atoms with van der Waals surface area (Å²) >= 11 is 5.78. The van der Waals surface area contributed by atoms with E-state index in [0.717, 1.165) is 21.3 Å². The number of benzene rings is 3. The number of aliphatic hydroxyl groups excluding tert-OH is 1. The number of ether oxygens (including phenoxy) is 2. The fraction of sp³-hybridized carbons (Fsp3) is 0.217. The van der Waals surface area contributed by atoms with Gasteiger partial charge in [0.2, 0.25) is 0 Å². The molecular weight excluding hydrogens is 545 g/mol. The lowest BCUT2D eigenvalue weighted by molar-refractivity contribution is 0.160. The molecule has 0 spiro atoms. The van der Waals surface area contributed by atoms with Crippen LogP contribution in [0.1, 0.15) is 29.7 Å². The van der Waals surface area contributed by atoms with Crippen molar-refractivity contribution in [2.45, 2.75) is 18.6 Å². The number of methoxy groups -OCH3 is 2. The summed E-state index contributed by atoms with van der Waals surface area (Å²) in [6.07, 6.45) is -0.164. The Morgan fingerprint density at radius 2 is 1.52 bits per heavy atom. The highest BCUT2D eigenvalue weighted by atomic mass is 127. The summed E-state index contributed by atoms with van der Waals surface area (Å²) in [5.41, 5.74) is 2.90. The molecule has 0 saturated carbocycles.